The van der Waals surface area contributed by atoms with Gasteiger partial charge in [-0.15, -0.1) is 11.3 Å². The number of benzene rings is 2. The normalized spacial score (nSPS) is 11.2. The van der Waals surface area contributed by atoms with Crippen LogP contribution in [-0.2, 0) is 0 Å². The average molecular weight is 326 g/mol. The third-order valence-corrected chi connectivity index (χ3v) is 4.21. The van der Waals surface area contributed by atoms with Gasteiger partial charge in [0.2, 0.25) is 0 Å². The van der Waals surface area contributed by atoms with Crippen LogP contribution in [0.2, 0.25) is 0 Å². The van der Waals surface area contributed by atoms with Crippen LogP contribution in [0.1, 0.15) is 17.5 Å². The number of nitro benzene ring substituents is 1. The van der Waals surface area contributed by atoms with Crippen LogP contribution < -0.4 is 4.74 Å². The first-order valence-corrected chi connectivity index (χ1v) is 7.94. The minimum atomic E-state index is -0.396. The number of hydrogen-bond acceptors (Lipinski definition) is 5. The second-order valence-electron chi connectivity index (χ2n) is 4.77. The molecule has 3 aromatic rings. The number of nitrogens with zero attached hydrogens (tertiary/aromatic N) is 2. The SMILES string of the molecule is CCOc1ccccc1C=Cc1nc2ccc([N+](=O)[O-])cc2s1. The van der Waals surface area contributed by atoms with Crippen LogP contribution in [0.4, 0.5) is 5.69 Å². The fourth-order valence-electron chi connectivity index (χ4n) is 2.18. The van der Waals surface area contributed by atoms with Crippen LogP contribution >= 0.6 is 11.3 Å². The van der Waals surface area contributed by atoms with Crippen molar-refractivity contribution in [3.63, 3.8) is 0 Å². The topological polar surface area (TPSA) is 65.3 Å². The van der Waals surface area contributed by atoms with E-state index in [1.54, 1.807) is 12.1 Å². The maximum atomic E-state index is 10.8. The molecule has 1 heterocycles. The highest BCUT2D eigenvalue weighted by molar-refractivity contribution is 7.19. The molecule has 2 aromatic carbocycles. The predicted molar refractivity (Wildman–Crippen MR) is 92.8 cm³/mol. The Bertz CT molecular complexity index is 886. The van der Waals surface area contributed by atoms with Crippen molar-refractivity contribution in [2.45, 2.75) is 6.92 Å². The van der Waals surface area contributed by atoms with E-state index in [0.717, 1.165) is 26.5 Å². The molecule has 0 aliphatic rings. The summed E-state index contributed by atoms with van der Waals surface area (Å²) in [5.74, 6) is 0.822. The molecule has 5 nitrogen and oxygen atoms in total. The number of ether oxygens (including phenoxy) is 1. The molecule has 0 fully saturated rings. The number of para-hydroxylation sites is 1. The first-order valence-electron chi connectivity index (χ1n) is 7.12. The molecular weight excluding hydrogens is 312 g/mol. The van der Waals surface area contributed by atoms with Crippen LogP contribution in [0.25, 0.3) is 22.4 Å². The van der Waals surface area contributed by atoms with Gasteiger partial charge < -0.3 is 4.74 Å². The minimum Gasteiger partial charge on any atom is -0.493 e. The molecule has 0 aliphatic heterocycles. The molecule has 3 rings (SSSR count). The minimum absolute atomic E-state index is 0.0818. The Balaban J connectivity index is 1.91. The summed E-state index contributed by atoms with van der Waals surface area (Å²) in [5, 5.41) is 11.6. The van der Waals surface area contributed by atoms with Crippen molar-refractivity contribution in [3.8, 4) is 5.75 Å². The zero-order chi connectivity index (χ0) is 16.2. The Morgan fingerprint density at radius 2 is 2.09 bits per heavy atom. The lowest BCUT2D eigenvalue weighted by molar-refractivity contribution is -0.384. The predicted octanol–water partition coefficient (Wildman–Crippen LogP) is 4.77. The number of aromatic nitrogens is 1. The molecule has 0 radical (unpaired) electrons. The van der Waals surface area contributed by atoms with Gasteiger partial charge in [0, 0.05) is 17.7 Å². The van der Waals surface area contributed by atoms with Crippen LogP contribution in [-0.4, -0.2) is 16.5 Å². The highest BCUT2D eigenvalue weighted by Gasteiger charge is 2.09. The third kappa shape index (κ3) is 3.37. The van der Waals surface area contributed by atoms with E-state index in [-0.39, 0.29) is 5.69 Å². The fourth-order valence-corrected chi connectivity index (χ4v) is 3.09. The Labute approximate surface area is 137 Å². The van der Waals surface area contributed by atoms with Gasteiger partial charge in [0.1, 0.15) is 10.8 Å². The van der Waals surface area contributed by atoms with Gasteiger partial charge in [0.15, 0.2) is 0 Å². The number of nitro groups is 1. The first-order chi connectivity index (χ1) is 11.2. The summed E-state index contributed by atoms with van der Waals surface area (Å²) >= 11 is 1.42. The zero-order valence-corrected chi connectivity index (χ0v) is 13.2. The summed E-state index contributed by atoms with van der Waals surface area (Å²) in [5.41, 5.74) is 1.82. The van der Waals surface area contributed by atoms with Crippen LogP contribution in [0, 0.1) is 10.1 Å². The number of hydrogen-bond donors (Lipinski definition) is 0. The largest absolute Gasteiger partial charge is 0.493 e. The summed E-state index contributed by atoms with van der Waals surface area (Å²) in [4.78, 5) is 14.9. The van der Waals surface area contributed by atoms with E-state index in [2.05, 4.69) is 4.98 Å². The second kappa shape index (κ2) is 6.58. The molecule has 0 atom stereocenters. The molecule has 0 bridgehead atoms. The highest BCUT2D eigenvalue weighted by atomic mass is 32.1. The van der Waals surface area contributed by atoms with E-state index < -0.39 is 4.92 Å². The Morgan fingerprint density at radius 3 is 2.87 bits per heavy atom. The van der Waals surface area contributed by atoms with Crippen molar-refractivity contribution in [3.05, 3.63) is 63.1 Å². The first kappa shape index (κ1) is 15.2. The molecule has 0 saturated carbocycles. The standard InChI is InChI=1S/C17H14N2O3S/c1-2-22-15-6-4-3-5-12(15)7-10-17-18-14-9-8-13(19(20)21)11-16(14)23-17/h3-11H,2H2,1H3. The van der Waals surface area contributed by atoms with E-state index in [4.69, 9.17) is 4.74 Å². The molecule has 6 heteroatoms. The molecule has 116 valence electrons. The van der Waals surface area contributed by atoms with Gasteiger partial charge in [-0.2, -0.15) is 0 Å². The van der Waals surface area contributed by atoms with Gasteiger partial charge >= 0.3 is 0 Å². The molecule has 0 N–H and O–H groups in total. The third-order valence-electron chi connectivity index (χ3n) is 3.22. The van der Waals surface area contributed by atoms with E-state index >= 15 is 0 Å². The fraction of sp³-hybridized carbons (Fsp3) is 0.118. The van der Waals surface area contributed by atoms with E-state index in [1.807, 2.05) is 43.3 Å². The van der Waals surface area contributed by atoms with Crippen molar-refractivity contribution in [1.82, 2.24) is 4.98 Å². The molecule has 1 aromatic heterocycles. The Morgan fingerprint density at radius 1 is 1.26 bits per heavy atom. The van der Waals surface area contributed by atoms with E-state index in [0.29, 0.717) is 6.61 Å². The summed E-state index contributed by atoms with van der Waals surface area (Å²) in [6.07, 6.45) is 3.84. The number of fused-ring (bicyclic) bond motifs is 1. The lowest BCUT2D eigenvalue weighted by Gasteiger charge is -2.05. The highest BCUT2D eigenvalue weighted by Crippen LogP contribution is 2.28. The monoisotopic (exact) mass is 326 g/mol. The van der Waals surface area contributed by atoms with Crippen molar-refractivity contribution in [2.24, 2.45) is 0 Å². The van der Waals surface area contributed by atoms with E-state index in [9.17, 15) is 10.1 Å². The summed E-state index contributed by atoms with van der Waals surface area (Å²) in [6.45, 7) is 2.55. The maximum Gasteiger partial charge on any atom is 0.270 e. The molecule has 0 aliphatic carbocycles. The van der Waals surface area contributed by atoms with Gasteiger partial charge in [0.25, 0.3) is 5.69 Å². The molecule has 0 saturated heterocycles. The zero-order valence-electron chi connectivity index (χ0n) is 12.4. The Hall–Kier alpha value is -2.73. The van der Waals surface area contributed by atoms with Gasteiger partial charge in [-0.05, 0) is 31.2 Å². The Kier molecular flexibility index (Phi) is 4.34. The summed E-state index contributed by atoms with van der Waals surface area (Å²) in [6, 6.07) is 12.5. The van der Waals surface area contributed by atoms with Crippen molar-refractivity contribution >= 4 is 39.4 Å². The van der Waals surface area contributed by atoms with Gasteiger partial charge in [-0.3, -0.25) is 10.1 Å². The van der Waals surface area contributed by atoms with Gasteiger partial charge in [0.05, 0.1) is 21.7 Å². The quantitative estimate of drug-likeness (QED) is 0.500. The maximum absolute atomic E-state index is 10.8. The molecular formula is C17H14N2O3S. The molecule has 0 spiro atoms. The lowest BCUT2D eigenvalue weighted by Crippen LogP contribution is -1.92. The lowest BCUT2D eigenvalue weighted by atomic mass is 10.2. The summed E-state index contributed by atoms with van der Waals surface area (Å²) in [7, 11) is 0. The molecule has 0 amide bonds. The van der Waals surface area contributed by atoms with Crippen molar-refractivity contribution in [2.75, 3.05) is 6.61 Å². The second-order valence-corrected chi connectivity index (χ2v) is 5.83. The van der Waals surface area contributed by atoms with E-state index in [1.165, 1.54) is 17.4 Å². The number of non-ortho nitro benzene ring substituents is 1. The number of rotatable bonds is 5. The van der Waals surface area contributed by atoms with Crippen molar-refractivity contribution < 1.29 is 9.66 Å². The van der Waals surface area contributed by atoms with Crippen LogP contribution in [0.5, 0.6) is 5.75 Å². The smallest absolute Gasteiger partial charge is 0.270 e. The van der Waals surface area contributed by atoms with Gasteiger partial charge in [-0.25, -0.2) is 4.98 Å². The summed E-state index contributed by atoms with van der Waals surface area (Å²) < 4.78 is 6.39. The van der Waals surface area contributed by atoms with Crippen LogP contribution in [0.3, 0.4) is 0 Å². The molecule has 0 unspecified atom stereocenters. The van der Waals surface area contributed by atoms with Crippen molar-refractivity contribution in [1.29, 1.82) is 0 Å². The van der Waals surface area contributed by atoms with Gasteiger partial charge in [-0.1, -0.05) is 18.2 Å². The number of thiazole rings is 1. The molecule has 23 heavy (non-hydrogen) atoms. The average Bonchev–Trinajstić information content (AvgIpc) is 2.96. The van der Waals surface area contributed by atoms with Crippen LogP contribution in [0.15, 0.2) is 42.5 Å².